The number of aliphatic carboxylic acids is 1. The van der Waals surface area contributed by atoms with Gasteiger partial charge in [-0.15, -0.1) is 0 Å². The number of aromatic amines is 1. The zero-order valence-corrected chi connectivity index (χ0v) is 9.43. The largest absolute Gasteiger partial charge is 0.481 e. The van der Waals surface area contributed by atoms with Crippen LogP contribution < -0.4 is 5.56 Å². The maximum Gasteiger partial charge on any atom is 0.306 e. The molecule has 1 atom stereocenters. The highest BCUT2D eigenvalue weighted by Gasteiger charge is 2.14. The number of fused-ring (bicyclic) bond motifs is 1. The third kappa shape index (κ3) is 2.36. The number of H-pyrrole nitrogens is 1. The van der Waals surface area contributed by atoms with E-state index in [0.29, 0.717) is 5.56 Å². The summed E-state index contributed by atoms with van der Waals surface area (Å²) in [6, 6.07) is 9.19. The fourth-order valence-corrected chi connectivity index (χ4v) is 1.76. The van der Waals surface area contributed by atoms with E-state index in [9.17, 15) is 9.59 Å². The van der Waals surface area contributed by atoms with Crippen LogP contribution in [-0.4, -0.2) is 16.1 Å². The lowest BCUT2D eigenvalue weighted by molar-refractivity contribution is -0.141. The molecule has 4 nitrogen and oxygen atoms in total. The van der Waals surface area contributed by atoms with E-state index in [1.807, 2.05) is 24.3 Å². The Morgan fingerprint density at radius 1 is 1.41 bits per heavy atom. The molecule has 2 aromatic rings. The second-order valence-electron chi connectivity index (χ2n) is 4.15. The zero-order valence-electron chi connectivity index (χ0n) is 9.43. The summed E-state index contributed by atoms with van der Waals surface area (Å²) in [5.74, 6) is -1.45. The summed E-state index contributed by atoms with van der Waals surface area (Å²) in [6.07, 6.45) is 0.246. The Labute approximate surface area is 97.9 Å². The molecule has 0 aliphatic heterocycles. The van der Waals surface area contributed by atoms with Gasteiger partial charge in [0.15, 0.2) is 0 Å². The molecule has 0 bridgehead atoms. The van der Waals surface area contributed by atoms with Gasteiger partial charge in [0.05, 0.1) is 5.92 Å². The Morgan fingerprint density at radius 2 is 2.12 bits per heavy atom. The number of carbonyl (C=O) groups is 1. The van der Waals surface area contributed by atoms with Gasteiger partial charge in [-0.05, 0) is 23.9 Å². The predicted molar refractivity (Wildman–Crippen MR) is 65.1 cm³/mol. The van der Waals surface area contributed by atoms with Gasteiger partial charge in [0, 0.05) is 11.1 Å². The minimum atomic E-state index is -0.891. The molecule has 4 heteroatoms. The van der Waals surface area contributed by atoms with E-state index in [1.54, 1.807) is 13.0 Å². The molecule has 2 rings (SSSR count). The molecule has 0 radical (unpaired) electrons. The quantitative estimate of drug-likeness (QED) is 0.846. The van der Waals surface area contributed by atoms with Crippen molar-refractivity contribution in [2.24, 2.45) is 5.92 Å². The van der Waals surface area contributed by atoms with Gasteiger partial charge >= 0.3 is 5.97 Å². The lowest BCUT2D eigenvalue weighted by Crippen LogP contribution is -2.19. The summed E-state index contributed by atoms with van der Waals surface area (Å²) in [7, 11) is 0. The maximum atomic E-state index is 11.7. The summed E-state index contributed by atoms with van der Waals surface area (Å²) in [6.45, 7) is 1.59. The topological polar surface area (TPSA) is 70.2 Å². The van der Waals surface area contributed by atoms with Crippen LogP contribution in [0.5, 0.6) is 0 Å². The van der Waals surface area contributed by atoms with Crippen molar-refractivity contribution < 1.29 is 9.90 Å². The summed E-state index contributed by atoms with van der Waals surface area (Å²) < 4.78 is 0. The number of carboxylic acid groups (broad SMARTS) is 1. The first-order valence-electron chi connectivity index (χ1n) is 5.41. The molecular formula is C13H13NO3. The van der Waals surface area contributed by atoms with Gasteiger partial charge in [-0.1, -0.05) is 25.1 Å². The number of rotatable bonds is 3. The monoisotopic (exact) mass is 231 g/mol. The molecule has 0 spiro atoms. The van der Waals surface area contributed by atoms with Gasteiger partial charge in [0.1, 0.15) is 0 Å². The second-order valence-corrected chi connectivity index (χ2v) is 4.15. The number of carboxylic acids is 1. The van der Waals surface area contributed by atoms with E-state index < -0.39 is 11.9 Å². The second kappa shape index (κ2) is 4.41. The van der Waals surface area contributed by atoms with Crippen molar-refractivity contribution in [3.8, 4) is 0 Å². The summed E-state index contributed by atoms with van der Waals surface area (Å²) in [4.78, 5) is 25.3. The van der Waals surface area contributed by atoms with Crippen molar-refractivity contribution >= 4 is 16.9 Å². The number of para-hydroxylation sites is 1. The number of aromatic nitrogens is 1. The van der Waals surface area contributed by atoms with Crippen LogP contribution in [0.1, 0.15) is 12.5 Å². The van der Waals surface area contributed by atoms with Crippen LogP contribution in [0.15, 0.2) is 35.1 Å². The van der Waals surface area contributed by atoms with Crippen LogP contribution in [0.4, 0.5) is 0 Å². The first-order valence-corrected chi connectivity index (χ1v) is 5.41. The minimum Gasteiger partial charge on any atom is -0.481 e. The highest BCUT2D eigenvalue weighted by molar-refractivity contribution is 5.79. The minimum absolute atomic E-state index is 0.211. The van der Waals surface area contributed by atoms with E-state index in [1.165, 1.54) is 0 Å². The smallest absolute Gasteiger partial charge is 0.306 e. The fraction of sp³-hybridized carbons (Fsp3) is 0.231. The Morgan fingerprint density at radius 3 is 2.82 bits per heavy atom. The first-order chi connectivity index (χ1) is 8.08. The molecule has 0 aliphatic carbocycles. The van der Waals surface area contributed by atoms with Gasteiger partial charge in [-0.3, -0.25) is 9.59 Å². The fourth-order valence-electron chi connectivity index (χ4n) is 1.76. The van der Waals surface area contributed by atoms with Crippen LogP contribution in [0.25, 0.3) is 10.9 Å². The molecule has 0 fully saturated rings. The van der Waals surface area contributed by atoms with E-state index in [4.69, 9.17) is 5.11 Å². The Bertz CT molecular complexity index is 615. The molecule has 1 heterocycles. The van der Waals surface area contributed by atoms with Crippen molar-refractivity contribution in [2.45, 2.75) is 13.3 Å². The predicted octanol–water partition coefficient (Wildman–Crippen LogP) is 1.79. The number of benzene rings is 1. The number of nitrogens with one attached hydrogen (secondary N) is 1. The molecule has 0 saturated heterocycles. The normalized spacial score (nSPS) is 12.5. The van der Waals surface area contributed by atoms with E-state index >= 15 is 0 Å². The summed E-state index contributed by atoms with van der Waals surface area (Å²) >= 11 is 0. The number of hydrogen-bond donors (Lipinski definition) is 2. The Balaban J connectivity index is 2.44. The lowest BCUT2D eigenvalue weighted by Gasteiger charge is -2.06. The molecule has 1 aromatic heterocycles. The van der Waals surface area contributed by atoms with Crippen molar-refractivity contribution in [1.82, 2.24) is 4.98 Å². The molecule has 88 valence electrons. The molecule has 0 amide bonds. The van der Waals surface area contributed by atoms with Gasteiger partial charge in [-0.2, -0.15) is 0 Å². The Kier molecular flexibility index (Phi) is 2.95. The molecule has 0 aliphatic rings. The maximum absolute atomic E-state index is 11.7. The Hall–Kier alpha value is -2.10. The zero-order chi connectivity index (χ0) is 12.4. The van der Waals surface area contributed by atoms with Gasteiger partial charge in [0.25, 0.3) is 5.56 Å². The summed E-state index contributed by atoms with van der Waals surface area (Å²) in [5, 5.41) is 9.75. The van der Waals surface area contributed by atoms with Crippen LogP contribution in [-0.2, 0) is 11.2 Å². The molecular weight excluding hydrogens is 218 g/mol. The lowest BCUT2D eigenvalue weighted by atomic mass is 10.0. The van der Waals surface area contributed by atoms with Crippen molar-refractivity contribution in [3.05, 3.63) is 46.2 Å². The third-order valence-corrected chi connectivity index (χ3v) is 2.78. The standard InChI is InChI=1S/C13H13NO3/c1-8(13(16)17)6-10-7-9-4-2-3-5-11(9)14-12(10)15/h2-5,7-8H,6H2,1H3,(H,14,15)(H,16,17). The van der Waals surface area contributed by atoms with Crippen molar-refractivity contribution in [1.29, 1.82) is 0 Å². The van der Waals surface area contributed by atoms with Crippen LogP contribution in [0.3, 0.4) is 0 Å². The average molecular weight is 231 g/mol. The van der Waals surface area contributed by atoms with Crippen molar-refractivity contribution in [2.75, 3.05) is 0 Å². The number of pyridine rings is 1. The number of hydrogen-bond acceptors (Lipinski definition) is 2. The van der Waals surface area contributed by atoms with Crippen molar-refractivity contribution in [3.63, 3.8) is 0 Å². The highest BCUT2D eigenvalue weighted by Crippen LogP contribution is 2.12. The van der Waals surface area contributed by atoms with Gasteiger partial charge in [0.2, 0.25) is 0 Å². The molecule has 17 heavy (non-hydrogen) atoms. The van der Waals surface area contributed by atoms with E-state index in [2.05, 4.69) is 4.98 Å². The average Bonchev–Trinajstić information content (AvgIpc) is 2.29. The van der Waals surface area contributed by atoms with Crippen LogP contribution in [0, 0.1) is 5.92 Å². The summed E-state index contributed by atoms with van der Waals surface area (Å²) in [5.41, 5.74) is 1.07. The molecule has 2 N–H and O–H groups in total. The van der Waals surface area contributed by atoms with E-state index in [0.717, 1.165) is 10.9 Å². The van der Waals surface area contributed by atoms with Gasteiger partial charge < -0.3 is 10.1 Å². The van der Waals surface area contributed by atoms with Crippen LogP contribution in [0.2, 0.25) is 0 Å². The molecule has 1 unspecified atom stereocenters. The first kappa shape index (κ1) is 11.4. The molecule has 1 aromatic carbocycles. The highest BCUT2D eigenvalue weighted by atomic mass is 16.4. The van der Waals surface area contributed by atoms with Gasteiger partial charge in [-0.25, -0.2) is 0 Å². The molecule has 0 saturated carbocycles. The van der Waals surface area contributed by atoms with E-state index in [-0.39, 0.29) is 12.0 Å². The van der Waals surface area contributed by atoms with Crippen LogP contribution >= 0.6 is 0 Å². The third-order valence-electron chi connectivity index (χ3n) is 2.78. The SMILES string of the molecule is CC(Cc1cc2ccccc2[nH]c1=O)C(=O)O.